The van der Waals surface area contributed by atoms with E-state index in [1.165, 1.54) is 18.2 Å². The van der Waals surface area contributed by atoms with Crippen LogP contribution in [0.3, 0.4) is 0 Å². The Balaban J connectivity index is 2.26. The quantitative estimate of drug-likeness (QED) is 0.502. The van der Waals surface area contributed by atoms with Crippen LogP contribution in [-0.4, -0.2) is 26.5 Å². The van der Waals surface area contributed by atoms with Gasteiger partial charge in [0.05, 0.1) is 5.69 Å². The Bertz CT molecular complexity index is 718. The molecule has 0 aliphatic rings. The first kappa shape index (κ1) is 14.5. The second-order valence-electron chi connectivity index (χ2n) is 4.35. The van der Waals surface area contributed by atoms with E-state index in [1.54, 1.807) is 29.0 Å². The summed E-state index contributed by atoms with van der Waals surface area (Å²) in [6.07, 6.45) is 2.27. The largest absolute Gasteiger partial charge is 0.506 e. The highest BCUT2D eigenvalue weighted by Gasteiger charge is 2.13. The predicted octanol–water partition coefficient (Wildman–Crippen LogP) is 2.23. The average molecular weight is 289 g/mol. The van der Waals surface area contributed by atoms with E-state index in [2.05, 4.69) is 0 Å². The molecule has 0 saturated heterocycles. The van der Waals surface area contributed by atoms with Crippen LogP contribution in [-0.2, 0) is 16.1 Å². The minimum Gasteiger partial charge on any atom is -0.506 e. The third-order valence-electron chi connectivity index (χ3n) is 2.81. The number of carbonyl (C=O) groups is 2. The number of hydrogen-bond acceptors (Lipinski definition) is 3. The van der Waals surface area contributed by atoms with Crippen LogP contribution in [0.1, 0.15) is 11.3 Å². The topological polar surface area (TPSA) is 79.5 Å². The maximum atomic E-state index is 13.1. The van der Waals surface area contributed by atoms with Crippen LogP contribution in [0.25, 0.3) is 5.76 Å². The van der Waals surface area contributed by atoms with Gasteiger partial charge in [0.25, 0.3) is 5.78 Å². The summed E-state index contributed by atoms with van der Waals surface area (Å²) >= 11 is 0. The minimum absolute atomic E-state index is 0.272. The summed E-state index contributed by atoms with van der Waals surface area (Å²) in [6.45, 7) is 0.277. The lowest BCUT2D eigenvalue weighted by Gasteiger charge is -2.09. The molecule has 1 heterocycles. The zero-order valence-electron chi connectivity index (χ0n) is 10.9. The van der Waals surface area contributed by atoms with Gasteiger partial charge in [-0.25, -0.2) is 9.18 Å². The second-order valence-corrected chi connectivity index (χ2v) is 4.35. The Kier molecular flexibility index (Phi) is 4.18. The van der Waals surface area contributed by atoms with Crippen molar-refractivity contribution in [2.24, 2.45) is 0 Å². The Labute approximate surface area is 119 Å². The molecule has 1 aromatic heterocycles. The fraction of sp³-hybridized carbons (Fsp3) is 0.0667. The van der Waals surface area contributed by atoms with Gasteiger partial charge in [0.2, 0.25) is 0 Å². The van der Waals surface area contributed by atoms with Gasteiger partial charge in [-0.05, 0) is 29.8 Å². The van der Waals surface area contributed by atoms with Crippen LogP contribution in [0.4, 0.5) is 4.39 Å². The molecular weight excluding hydrogens is 277 g/mol. The Hall–Kier alpha value is -2.89. The van der Waals surface area contributed by atoms with Crippen molar-refractivity contribution in [3.05, 3.63) is 65.7 Å². The van der Waals surface area contributed by atoms with E-state index in [9.17, 15) is 19.1 Å². The van der Waals surface area contributed by atoms with Crippen LogP contribution in [0.15, 0.2) is 48.7 Å². The molecule has 2 N–H and O–H groups in total. The van der Waals surface area contributed by atoms with Gasteiger partial charge in [-0.15, -0.1) is 0 Å². The smallest absolute Gasteiger partial charge is 0.376 e. The molecule has 0 atom stereocenters. The van der Waals surface area contributed by atoms with Gasteiger partial charge in [-0.3, -0.25) is 4.79 Å². The average Bonchev–Trinajstić information content (AvgIpc) is 2.86. The van der Waals surface area contributed by atoms with E-state index in [0.717, 1.165) is 0 Å². The standard InChI is InChI=1S/C15H12FNO4/c16-11-4-1-3-10(7-11)9-17-6-2-5-12(17)13(18)8-14(19)15(20)21/h1-8,18H,9H2,(H,20,21)/b13-8-. The first-order valence-electron chi connectivity index (χ1n) is 6.05. The molecule has 0 unspecified atom stereocenters. The number of nitrogens with zero attached hydrogens (tertiary/aromatic N) is 1. The fourth-order valence-corrected chi connectivity index (χ4v) is 1.88. The SMILES string of the molecule is O=C(O)C(=O)/C=C(\O)c1cccn1Cc1cccc(F)c1. The van der Waals surface area contributed by atoms with E-state index >= 15 is 0 Å². The van der Waals surface area contributed by atoms with Gasteiger partial charge in [-0.2, -0.15) is 0 Å². The molecule has 2 aromatic rings. The number of carboxylic acids is 1. The summed E-state index contributed by atoms with van der Waals surface area (Å²) in [5, 5.41) is 18.3. The molecule has 0 radical (unpaired) electrons. The van der Waals surface area contributed by atoms with Gasteiger partial charge < -0.3 is 14.8 Å². The molecule has 6 heteroatoms. The van der Waals surface area contributed by atoms with Crippen molar-refractivity contribution in [3.8, 4) is 0 Å². The van der Waals surface area contributed by atoms with Crippen LogP contribution in [0.2, 0.25) is 0 Å². The van der Waals surface area contributed by atoms with E-state index in [0.29, 0.717) is 11.6 Å². The number of carboxylic acid groups (broad SMARTS) is 1. The maximum Gasteiger partial charge on any atom is 0.376 e. The molecule has 0 aliphatic heterocycles. The number of hydrogen-bond donors (Lipinski definition) is 2. The van der Waals surface area contributed by atoms with Crippen molar-refractivity contribution in [2.75, 3.05) is 0 Å². The minimum atomic E-state index is -1.65. The van der Waals surface area contributed by atoms with Crippen LogP contribution >= 0.6 is 0 Å². The third-order valence-corrected chi connectivity index (χ3v) is 2.81. The van der Waals surface area contributed by atoms with Crippen LogP contribution in [0.5, 0.6) is 0 Å². The summed E-state index contributed by atoms with van der Waals surface area (Å²) in [7, 11) is 0. The molecule has 2 rings (SSSR count). The van der Waals surface area contributed by atoms with Crippen molar-refractivity contribution >= 4 is 17.5 Å². The summed E-state index contributed by atoms with van der Waals surface area (Å²) in [5.74, 6) is -3.69. The molecule has 0 amide bonds. The van der Waals surface area contributed by atoms with E-state index in [4.69, 9.17) is 5.11 Å². The first-order valence-corrected chi connectivity index (χ1v) is 6.05. The summed E-state index contributed by atoms with van der Waals surface area (Å²) in [5.41, 5.74) is 0.943. The lowest BCUT2D eigenvalue weighted by atomic mass is 10.2. The summed E-state index contributed by atoms with van der Waals surface area (Å²) in [6, 6.07) is 9.12. The summed E-state index contributed by atoms with van der Waals surface area (Å²) < 4.78 is 14.7. The second kappa shape index (κ2) is 6.04. The number of ketones is 1. The molecule has 21 heavy (non-hydrogen) atoms. The Morgan fingerprint density at radius 1 is 1.19 bits per heavy atom. The monoisotopic (exact) mass is 289 g/mol. The van der Waals surface area contributed by atoms with Crippen LogP contribution < -0.4 is 0 Å². The number of benzene rings is 1. The third kappa shape index (κ3) is 3.56. The van der Waals surface area contributed by atoms with Crippen molar-refractivity contribution in [1.29, 1.82) is 0 Å². The molecule has 0 fully saturated rings. The lowest BCUT2D eigenvalue weighted by molar-refractivity contribution is -0.146. The van der Waals surface area contributed by atoms with Crippen molar-refractivity contribution < 1.29 is 24.2 Å². The lowest BCUT2D eigenvalue weighted by Crippen LogP contribution is -2.10. The number of rotatable bonds is 5. The zero-order chi connectivity index (χ0) is 15.4. The van der Waals surface area contributed by atoms with E-state index in [1.807, 2.05) is 0 Å². The van der Waals surface area contributed by atoms with Gasteiger partial charge in [-0.1, -0.05) is 12.1 Å². The van der Waals surface area contributed by atoms with Gasteiger partial charge in [0.1, 0.15) is 11.6 Å². The number of halogens is 1. The van der Waals surface area contributed by atoms with Crippen molar-refractivity contribution in [2.45, 2.75) is 6.54 Å². The Morgan fingerprint density at radius 2 is 1.95 bits per heavy atom. The Morgan fingerprint density at radius 3 is 2.62 bits per heavy atom. The number of carbonyl (C=O) groups excluding carboxylic acids is 1. The highest BCUT2D eigenvalue weighted by atomic mass is 19.1. The number of aliphatic carboxylic acids is 1. The molecule has 1 aromatic carbocycles. The summed E-state index contributed by atoms with van der Waals surface area (Å²) in [4.78, 5) is 21.5. The van der Waals surface area contributed by atoms with Crippen molar-refractivity contribution in [1.82, 2.24) is 4.57 Å². The highest BCUT2D eigenvalue weighted by molar-refractivity contribution is 6.38. The molecular formula is C15H12FNO4. The maximum absolute atomic E-state index is 13.1. The predicted molar refractivity (Wildman–Crippen MR) is 73.2 cm³/mol. The van der Waals surface area contributed by atoms with Gasteiger partial charge >= 0.3 is 5.97 Å². The zero-order valence-corrected chi connectivity index (χ0v) is 10.9. The van der Waals surface area contributed by atoms with Crippen LogP contribution in [0, 0.1) is 5.82 Å². The number of aliphatic hydroxyl groups is 1. The fourth-order valence-electron chi connectivity index (χ4n) is 1.88. The first-order chi connectivity index (χ1) is 9.97. The molecule has 0 bridgehead atoms. The van der Waals surface area contributed by atoms with Crippen molar-refractivity contribution in [3.63, 3.8) is 0 Å². The number of aliphatic hydroxyl groups excluding tert-OH is 1. The molecule has 0 aliphatic carbocycles. The van der Waals surface area contributed by atoms with E-state index < -0.39 is 17.5 Å². The number of aromatic nitrogens is 1. The normalized spacial score (nSPS) is 11.4. The molecule has 5 nitrogen and oxygen atoms in total. The van der Waals surface area contributed by atoms with E-state index in [-0.39, 0.29) is 18.1 Å². The van der Waals surface area contributed by atoms with Gasteiger partial charge in [0, 0.05) is 18.8 Å². The molecule has 108 valence electrons. The molecule has 0 saturated carbocycles. The molecule has 0 spiro atoms. The van der Waals surface area contributed by atoms with Gasteiger partial charge in [0.15, 0.2) is 0 Å². The highest BCUT2D eigenvalue weighted by Crippen LogP contribution is 2.15.